The number of piperazine rings is 1. The normalized spacial score (nSPS) is 23.5. The summed E-state index contributed by atoms with van der Waals surface area (Å²) in [6.07, 6.45) is 2.61. The number of carbonyl (C=O) groups is 1. The van der Waals surface area contributed by atoms with E-state index >= 15 is 0 Å². The van der Waals surface area contributed by atoms with Gasteiger partial charge < -0.3 is 10.2 Å². The summed E-state index contributed by atoms with van der Waals surface area (Å²) in [7, 11) is -3.47. The zero-order valence-corrected chi connectivity index (χ0v) is 17.9. The molecule has 1 unspecified atom stereocenters. The number of fused-ring (bicyclic) bond motifs is 1. The molecule has 0 bridgehead atoms. The summed E-state index contributed by atoms with van der Waals surface area (Å²) in [6, 6.07) is 5.65. The van der Waals surface area contributed by atoms with Crippen LogP contribution in [0.5, 0.6) is 0 Å². The standard InChI is InChI=1S/C19H28N4O3S.ClH/c1-15-13-21(11-7-20-15)14-19(24)23-10-6-16-4-5-17(12-18(16)23)27(25,26)22-8-2-3-9-22;/h4-5,12,15,20H,2-3,6-11,13-14H2,1H3;1H. The Morgan fingerprint density at radius 3 is 2.64 bits per heavy atom. The Morgan fingerprint density at radius 2 is 1.93 bits per heavy atom. The molecule has 3 aliphatic heterocycles. The zero-order chi connectivity index (χ0) is 19.0. The van der Waals surface area contributed by atoms with Gasteiger partial charge in [0.05, 0.1) is 11.4 Å². The Labute approximate surface area is 173 Å². The van der Waals surface area contributed by atoms with E-state index in [2.05, 4.69) is 17.1 Å². The fourth-order valence-corrected chi connectivity index (χ4v) is 5.83. The summed E-state index contributed by atoms with van der Waals surface area (Å²) in [5, 5.41) is 3.38. The van der Waals surface area contributed by atoms with Gasteiger partial charge in [0.15, 0.2) is 0 Å². The molecule has 0 aromatic heterocycles. The molecular formula is C19H29ClN4O3S. The maximum atomic E-state index is 12.9. The Hall–Kier alpha value is -1.19. The first kappa shape index (κ1) is 21.5. The van der Waals surface area contributed by atoms with Crippen molar-refractivity contribution in [1.29, 1.82) is 0 Å². The van der Waals surface area contributed by atoms with E-state index in [9.17, 15) is 13.2 Å². The van der Waals surface area contributed by atoms with Crippen molar-refractivity contribution in [1.82, 2.24) is 14.5 Å². The van der Waals surface area contributed by atoms with E-state index in [4.69, 9.17) is 0 Å². The Balaban J connectivity index is 0.00000225. The quantitative estimate of drug-likeness (QED) is 0.776. The molecule has 2 saturated heterocycles. The van der Waals surface area contributed by atoms with Crippen LogP contribution in [0.1, 0.15) is 25.3 Å². The van der Waals surface area contributed by atoms with Crippen LogP contribution in [0.4, 0.5) is 5.69 Å². The first-order valence-electron chi connectivity index (χ1n) is 9.84. The van der Waals surface area contributed by atoms with Crippen molar-refractivity contribution in [3.05, 3.63) is 23.8 Å². The van der Waals surface area contributed by atoms with Crippen LogP contribution in [0.15, 0.2) is 23.1 Å². The molecular weight excluding hydrogens is 400 g/mol. The average molecular weight is 429 g/mol. The van der Waals surface area contributed by atoms with Crippen LogP contribution in [0, 0.1) is 0 Å². The molecule has 1 amide bonds. The first-order chi connectivity index (χ1) is 12.9. The molecule has 2 fully saturated rings. The van der Waals surface area contributed by atoms with Crippen LogP contribution < -0.4 is 10.2 Å². The number of anilines is 1. The lowest BCUT2D eigenvalue weighted by Crippen LogP contribution is -2.52. The summed E-state index contributed by atoms with van der Waals surface area (Å²) in [5.74, 6) is 0.0542. The molecule has 7 nitrogen and oxygen atoms in total. The van der Waals surface area contributed by atoms with Crippen molar-refractivity contribution in [2.75, 3.05) is 50.7 Å². The van der Waals surface area contributed by atoms with Crippen LogP contribution in [-0.4, -0.2) is 75.4 Å². The van der Waals surface area contributed by atoms with Crippen molar-refractivity contribution < 1.29 is 13.2 Å². The Bertz CT molecular complexity index is 826. The smallest absolute Gasteiger partial charge is 0.243 e. The highest BCUT2D eigenvalue weighted by molar-refractivity contribution is 7.89. The van der Waals surface area contributed by atoms with E-state index in [1.54, 1.807) is 21.3 Å². The molecule has 9 heteroatoms. The molecule has 3 aliphatic rings. The van der Waals surface area contributed by atoms with Gasteiger partial charge in [-0.15, -0.1) is 12.4 Å². The zero-order valence-electron chi connectivity index (χ0n) is 16.3. The Kier molecular flexibility index (Phi) is 6.66. The monoisotopic (exact) mass is 428 g/mol. The third-order valence-corrected chi connectivity index (χ3v) is 7.66. The summed E-state index contributed by atoms with van der Waals surface area (Å²) < 4.78 is 27.3. The number of nitrogens with zero attached hydrogens (tertiary/aromatic N) is 3. The van der Waals surface area contributed by atoms with Gasteiger partial charge in [-0.2, -0.15) is 4.31 Å². The number of nitrogens with one attached hydrogen (secondary N) is 1. The molecule has 0 aliphatic carbocycles. The number of amides is 1. The van der Waals surface area contributed by atoms with E-state index in [-0.39, 0.29) is 18.3 Å². The topological polar surface area (TPSA) is 73.0 Å². The van der Waals surface area contributed by atoms with Crippen LogP contribution in [-0.2, 0) is 21.2 Å². The fraction of sp³-hybridized carbons (Fsp3) is 0.632. The number of rotatable bonds is 4. The first-order valence-corrected chi connectivity index (χ1v) is 11.3. The van der Waals surface area contributed by atoms with Gasteiger partial charge in [-0.1, -0.05) is 6.07 Å². The predicted octanol–water partition coefficient (Wildman–Crippen LogP) is 1.08. The number of sulfonamides is 1. The Morgan fingerprint density at radius 1 is 1.18 bits per heavy atom. The van der Waals surface area contributed by atoms with Gasteiger partial charge in [-0.25, -0.2) is 8.42 Å². The largest absolute Gasteiger partial charge is 0.312 e. The summed E-state index contributed by atoms with van der Waals surface area (Å²) in [4.78, 5) is 17.2. The third-order valence-electron chi connectivity index (χ3n) is 5.77. The predicted molar refractivity (Wildman–Crippen MR) is 112 cm³/mol. The third kappa shape index (κ3) is 4.21. The second-order valence-corrected chi connectivity index (χ2v) is 9.73. The second-order valence-electron chi connectivity index (χ2n) is 7.79. The van der Waals surface area contributed by atoms with Crippen LogP contribution in [0.25, 0.3) is 0 Å². The lowest BCUT2D eigenvalue weighted by atomic mass is 10.2. The van der Waals surface area contributed by atoms with Crippen LogP contribution in [0.2, 0.25) is 0 Å². The molecule has 0 radical (unpaired) electrons. The number of benzene rings is 1. The average Bonchev–Trinajstić information content (AvgIpc) is 3.31. The van der Waals surface area contributed by atoms with Crippen molar-refractivity contribution >= 4 is 34.0 Å². The molecule has 1 aromatic carbocycles. The molecule has 0 spiro atoms. The van der Waals surface area contributed by atoms with Crippen molar-refractivity contribution in [2.45, 2.75) is 37.1 Å². The molecule has 4 rings (SSSR count). The van der Waals surface area contributed by atoms with Gasteiger partial charge in [0, 0.05) is 51.0 Å². The maximum absolute atomic E-state index is 12.9. The highest BCUT2D eigenvalue weighted by atomic mass is 35.5. The number of halogens is 1. The van der Waals surface area contributed by atoms with Gasteiger partial charge in [-0.3, -0.25) is 9.69 Å². The highest BCUT2D eigenvalue weighted by Crippen LogP contribution is 2.32. The van der Waals surface area contributed by atoms with Gasteiger partial charge in [0.1, 0.15) is 0 Å². The van der Waals surface area contributed by atoms with E-state index in [0.717, 1.165) is 50.1 Å². The van der Waals surface area contributed by atoms with E-state index < -0.39 is 10.0 Å². The van der Waals surface area contributed by atoms with Crippen LogP contribution in [0.3, 0.4) is 0 Å². The second kappa shape index (κ2) is 8.67. The summed E-state index contributed by atoms with van der Waals surface area (Å²) in [5.41, 5.74) is 1.82. The molecule has 156 valence electrons. The highest BCUT2D eigenvalue weighted by Gasteiger charge is 2.31. The van der Waals surface area contributed by atoms with Gasteiger partial charge >= 0.3 is 0 Å². The number of hydrogen-bond donors (Lipinski definition) is 1. The molecule has 1 N–H and O–H groups in total. The minimum Gasteiger partial charge on any atom is -0.312 e. The minimum absolute atomic E-state index is 0. The SMILES string of the molecule is CC1CN(CC(=O)N2CCc3ccc(S(=O)(=O)N4CCCC4)cc32)CCN1.Cl. The van der Waals surface area contributed by atoms with Crippen molar-refractivity contribution in [2.24, 2.45) is 0 Å². The fourth-order valence-electron chi connectivity index (χ4n) is 4.29. The van der Waals surface area contributed by atoms with E-state index in [1.165, 1.54) is 0 Å². The maximum Gasteiger partial charge on any atom is 0.243 e. The van der Waals surface area contributed by atoms with Crippen molar-refractivity contribution in [3.63, 3.8) is 0 Å². The minimum atomic E-state index is -3.47. The summed E-state index contributed by atoms with van der Waals surface area (Å²) in [6.45, 7) is 6.92. The molecule has 3 heterocycles. The van der Waals surface area contributed by atoms with Gasteiger partial charge in [0.2, 0.25) is 15.9 Å². The van der Waals surface area contributed by atoms with Gasteiger partial charge in [0.25, 0.3) is 0 Å². The van der Waals surface area contributed by atoms with Gasteiger partial charge in [-0.05, 0) is 43.9 Å². The number of hydrogen-bond acceptors (Lipinski definition) is 5. The lowest BCUT2D eigenvalue weighted by Gasteiger charge is -2.32. The molecule has 28 heavy (non-hydrogen) atoms. The molecule has 1 atom stereocenters. The summed E-state index contributed by atoms with van der Waals surface area (Å²) >= 11 is 0. The van der Waals surface area contributed by atoms with E-state index in [0.29, 0.717) is 37.1 Å². The number of carbonyl (C=O) groups excluding carboxylic acids is 1. The van der Waals surface area contributed by atoms with Crippen molar-refractivity contribution in [3.8, 4) is 0 Å². The lowest BCUT2D eigenvalue weighted by molar-refractivity contribution is -0.119. The molecule has 0 saturated carbocycles. The van der Waals surface area contributed by atoms with Crippen LogP contribution >= 0.6 is 12.4 Å². The molecule has 1 aromatic rings. The van der Waals surface area contributed by atoms with E-state index in [1.807, 2.05) is 6.07 Å².